The van der Waals surface area contributed by atoms with Gasteiger partial charge in [-0.25, -0.2) is 5.43 Å². The Labute approximate surface area is 232 Å². The van der Waals surface area contributed by atoms with E-state index in [0.29, 0.717) is 33.7 Å². The van der Waals surface area contributed by atoms with Gasteiger partial charge in [0.05, 0.1) is 13.3 Å². The Hall–Kier alpha value is -4.37. The summed E-state index contributed by atoms with van der Waals surface area (Å²) in [6.07, 6.45) is 1.36. The van der Waals surface area contributed by atoms with Gasteiger partial charge in [0.25, 0.3) is 5.91 Å². The minimum atomic E-state index is -0.891. The number of amides is 3. The van der Waals surface area contributed by atoms with Gasteiger partial charge in [0.2, 0.25) is 0 Å². The molecule has 0 heterocycles. The molecule has 9 nitrogen and oxygen atoms in total. The number of hydrazone groups is 1. The molecule has 204 valence electrons. The molecule has 0 bridgehead atoms. The molecule has 0 saturated carbocycles. The number of nitrogens with one attached hydrogen (secondary N) is 3. The lowest BCUT2D eigenvalue weighted by Crippen LogP contribution is -2.37. The van der Waals surface area contributed by atoms with E-state index in [9.17, 15) is 14.4 Å². The Bertz CT molecular complexity index is 1360. The predicted molar refractivity (Wildman–Crippen MR) is 151 cm³/mol. The molecule has 0 aliphatic heterocycles. The molecular formula is C29H31ClN4O5. The van der Waals surface area contributed by atoms with Crippen LogP contribution in [0.3, 0.4) is 0 Å². The number of carbonyl (C=O) groups is 3. The maximum Gasteiger partial charge on any atom is 0.329 e. The summed E-state index contributed by atoms with van der Waals surface area (Å²) in [5.41, 5.74) is 6.32. The van der Waals surface area contributed by atoms with Crippen molar-refractivity contribution in [3.05, 3.63) is 87.9 Å². The van der Waals surface area contributed by atoms with Gasteiger partial charge in [0, 0.05) is 17.3 Å². The van der Waals surface area contributed by atoms with Gasteiger partial charge in [-0.2, -0.15) is 5.10 Å². The second-order valence-electron chi connectivity index (χ2n) is 8.99. The number of hydrogen-bond donors (Lipinski definition) is 3. The summed E-state index contributed by atoms with van der Waals surface area (Å²) < 4.78 is 10.9. The summed E-state index contributed by atoms with van der Waals surface area (Å²) in [6, 6.07) is 17.9. The van der Waals surface area contributed by atoms with Crippen molar-refractivity contribution in [3.8, 4) is 11.5 Å². The molecule has 0 radical (unpaired) electrons. The summed E-state index contributed by atoms with van der Waals surface area (Å²) in [7, 11) is 1.46. The van der Waals surface area contributed by atoms with Crippen molar-refractivity contribution in [2.75, 3.05) is 19.0 Å². The fourth-order valence-corrected chi connectivity index (χ4v) is 3.57. The minimum absolute atomic E-state index is 0.226. The second kappa shape index (κ2) is 14.0. The first-order valence-electron chi connectivity index (χ1n) is 12.2. The van der Waals surface area contributed by atoms with Crippen molar-refractivity contribution in [2.24, 2.45) is 5.10 Å². The van der Waals surface area contributed by atoms with E-state index in [1.165, 1.54) is 18.9 Å². The molecule has 3 N–H and O–H groups in total. The molecule has 0 spiro atoms. The molecule has 0 unspecified atom stereocenters. The maximum atomic E-state index is 12.3. The second-order valence-corrected chi connectivity index (χ2v) is 9.40. The van der Waals surface area contributed by atoms with Crippen molar-refractivity contribution >= 4 is 41.2 Å². The minimum Gasteiger partial charge on any atom is -0.493 e. The monoisotopic (exact) mass is 550 g/mol. The number of carbonyl (C=O) groups excluding carboxylic acids is 3. The molecule has 0 fully saturated rings. The number of rotatable bonds is 10. The number of hydrogen-bond acceptors (Lipinski definition) is 6. The van der Waals surface area contributed by atoms with Crippen molar-refractivity contribution in [1.82, 2.24) is 10.7 Å². The van der Waals surface area contributed by atoms with E-state index < -0.39 is 11.8 Å². The SMILES string of the molecule is COc1cc(/C=N\NC(=O)C(=O)NCc2ccc(C(C)C)cc2)ccc1OCC(=O)Nc1ccc(C)c(Cl)c1. The van der Waals surface area contributed by atoms with Gasteiger partial charge >= 0.3 is 11.8 Å². The normalized spacial score (nSPS) is 10.8. The highest BCUT2D eigenvalue weighted by Gasteiger charge is 2.13. The summed E-state index contributed by atoms with van der Waals surface area (Å²) in [6.45, 7) is 6.06. The van der Waals surface area contributed by atoms with Gasteiger partial charge in [0.15, 0.2) is 18.1 Å². The van der Waals surface area contributed by atoms with E-state index in [1.807, 2.05) is 37.3 Å². The van der Waals surface area contributed by atoms with Crippen LogP contribution >= 0.6 is 11.6 Å². The lowest BCUT2D eigenvalue weighted by atomic mass is 10.0. The number of benzene rings is 3. The van der Waals surface area contributed by atoms with Crippen LogP contribution < -0.4 is 25.5 Å². The molecule has 0 saturated heterocycles. The Morgan fingerprint density at radius 3 is 2.38 bits per heavy atom. The number of methoxy groups -OCH3 is 1. The lowest BCUT2D eigenvalue weighted by Gasteiger charge is -2.12. The third-order valence-corrected chi connectivity index (χ3v) is 6.09. The fourth-order valence-electron chi connectivity index (χ4n) is 3.39. The number of nitrogens with zero attached hydrogens (tertiary/aromatic N) is 1. The molecule has 39 heavy (non-hydrogen) atoms. The van der Waals surface area contributed by atoms with E-state index in [2.05, 4.69) is 35.0 Å². The van der Waals surface area contributed by atoms with Crippen molar-refractivity contribution in [2.45, 2.75) is 33.2 Å². The van der Waals surface area contributed by atoms with Crippen LogP contribution in [-0.2, 0) is 20.9 Å². The Balaban J connectivity index is 1.48. The summed E-state index contributed by atoms with van der Waals surface area (Å²) in [4.78, 5) is 36.4. The highest BCUT2D eigenvalue weighted by Crippen LogP contribution is 2.27. The summed E-state index contributed by atoms with van der Waals surface area (Å²) in [5, 5.41) is 9.67. The maximum absolute atomic E-state index is 12.3. The zero-order chi connectivity index (χ0) is 28.4. The number of halogens is 1. The van der Waals surface area contributed by atoms with Crippen LogP contribution in [0.4, 0.5) is 5.69 Å². The molecule has 3 rings (SSSR count). The van der Waals surface area contributed by atoms with Gasteiger partial charge in [0.1, 0.15) is 0 Å². The smallest absolute Gasteiger partial charge is 0.329 e. The molecule has 0 atom stereocenters. The van der Waals surface area contributed by atoms with Crippen LogP contribution in [0.25, 0.3) is 0 Å². The van der Waals surface area contributed by atoms with E-state index >= 15 is 0 Å². The molecule has 3 aromatic rings. The van der Waals surface area contributed by atoms with Crippen LogP contribution in [0.15, 0.2) is 65.8 Å². The molecule has 0 aliphatic rings. The van der Waals surface area contributed by atoms with E-state index in [0.717, 1.165) is 11.1 Å². The largest absolute Gasteiger partial charge is 0.493 e. The van der Waals surface area contributed by atoms with Crippen LogP contribution in [-0.4, -0.2) is 37.7 Å². The van der Waals surface area contributed by atoms with Crippen LogP contribution in [0.2, 0.25) is 5.02 Å². The third kappa shape index (κ3) is 8.86. The van der Waals surface area contributed by atoms with Gasteiger partial charge in [-0.15, -0.1) is 0 Å². The molecular weight excluding hydrogens is 520 g/mol. The summed E-state index contributed by atoms with van der Waals surface area (Å²) in [5.74, 6) is -0.937. The Morgan fingerprint density at radius 2 is 1.72 bits per heavy atom. The molecule has 0 aliphatic carbocycles. The van der Waals surface area contributed by atoms with Crippen LogP contribution in [0.5, 0.6) is 11.5 Å². The van der Waals surface area contributed by atoms with Crippen LogP contribution in [0, 0.1) is 6.92 Å². The molecule has 0 aromatic heterocycles. The number of anilines is 1. The van der Waals surface area contributed by atoms with Crippen molar-refractivity contribution in [1.29, 1.82) is 0 Å². The quantitative estimate of drug-likeness (QED) is 0.194. The van der Waals surface area contributed by atoms with Gasteiger partial charge in [-0.3, -0.25) is 14.4 Å². The Morgan fingerprint density at radius 1 is 0.974 bits per heavy atom. The first kappa shape index (κ1) is 29.2. The van der Waals surface area contributed by atoms with Gasteiger partial charge < -0.3 is 20.1 Å². The van der Waals surface area contributed by atoms with E-state index in [1.54, 1.807) is 30.3 Å². The number of aryl methyl sites for hydroxylation is 1. The zero-order valence-corrected chi connectivity index (χ0v) is 23.0. The zero-order valence-electron chi connectivity index (χ0n) is 22.2. The predicted octanol–water partition coefficient (Wildman–Crippen LogP) is 4.56. The van der Waals surface area contributed by atoms with E-state index in [-0.39, 0.29) is 19.1 Å². The average molecular weight is 551 g/mol. The van der Waals surface area contributed by atoms with Gasteiger partial charge in [-0.05, 0) is 65.4 Å². The molecule has 3 amide bonds. The fraction of sp³-hybridized carbons (Fsp3) is 0.241. The topological polar surface area (TPSA) is 118 Å². The average Bonchev–Trinajstić information content (AvgIpc) is 2.93. The van der Waals surface area contributed by atoms with E-state index in [4.69, 9.17) is 21.1 Å². The molecule has 10 heteroatoms. The lowest BCUT2D eigenvalue weighted by molar-refractivity contribution is -0.139. The van der Waals surface area contributed by atoms with Crippen molar-refractivity contribution < 1.29 is 23.9 Å². The first-order valence-corrected chi connectivity index (χ1v) is 12.6. The standard InChI is InChI=1S/C29H31ClN4O5/c1-18(2)22-9-6-20(7-10-22)15-31-28(36)29(37)34-32-16-21-8-12-25(26(13-21)38-4)39-17-27(35)33-23-11-5-19(3)24(30)14-23/h5-14,16,18H,15,17H2,1-4H3,(H,31,36)(H,33,35)(H,34,37)/b32-16-. The van der Waals surface area contributed by atoms with Gasteiger partial charge in [-0.1, -0.05) is 55.8 Å². The summed E-state index contributed by atoms with van der Waals surface area (Å²) >= 11 is 6.09. The highest BCUT2D eigenvalue weighted by molar-refractivity contribution is 6.35. The van der Waals surface area contributed by atoms with Crippen molar-refractivity contribution in [3.63, 3.8) is 0 Å². The third-order valence-electron chi connectivity index (χ3n) is 5.69. The first-order chi connectivity index (χ1) is 18.7. The number of ether oxygens (including phenoxy) is 2. The highest BCUT2D eigenvalue weighted by atomic mass is 35.5. The molecule has 3 aromatic carbocycles. The Kier molecular flexibility index (Phi) is 10.5. The van der Waals surface area contributed by atoms with Crippen LogP contribution in [0.1, 0.15) is 42.0 Å².